The first-order valence-electron chi connectivity index (χ1n) is 4.58. The van der Waals surface area contributed by atoms with Crippen molar-refractivity contribution in [2.45, 2.75) is 6.92 Å². The zero-order chi connectivity index (χ0) is 11.4. The molecule has 0 aliphatic heterocycles. The monoisotopic (exact) mass is 247 g/mol. The van der Waals surface area contributed by atoms with Crippen molar-refractivity contribution in [2.24, 2.45) is 5.92 Å². The lowest BCUT2D eigenvalue weighted by Crippen LogP contribution is -2.34. The molecule has 0 aliphatic rings. The minimum Gasteiger partial charge on any atom is -0.359 e. The molecule has 0 radical (unpaired) electrons. The number of thiazole rings is 1. The van der Waals surface area contributed by atoms with Gasteiger partial charge in [-0.3, -0.25) is 4.79 Å². The Balaban J connectivity index is 2.55. The highest BCUT2D eigenvalue weighted by Crippen LogP contribution is 2.22. The highest BCUT2D eigenvalue weighted by molar-refractivity contribution is 7.14. The average molecular weight is 248 g/mol. The molecule has 1 rings (SSSR count). The molecule has 6 heteroatoms. The summed E-state index contributed by atoms with van der Waals surface area (Å²) in [5.74, 6) is -0.0350. The SMILES string of the molecule is CNC(=O)C(C)CN(C)c1nc(Cl)cs1. The number of aromatic nitrogens is 1. The third-order valence-corrected chi connectivity index (χ3v) is 3.31. The number of carbonyl (C=O) groups is 1. The topological polar surface area (TPSA) is 45.2 Å². The minimum absolute atomic E-state index is 0.0319. The lowest BCUT2D eigenvalue weighted by Gasteiger charge is -2.19. The largest absolute Gasteiger partial charge is 0.359 e. The Kier molecular flexibility index (Phi) is 4.35. The number of hydrogen-bond donors (Lipinski definition) is 1. The van der Waals surface area contributed by atoms with Crippen molar-refractivity contribution in [3.63, 3.8) is 0 Å². The number of rotatable bonds is 4. The molecule has 1 heterocycles. The summed E-state index contributed by atoms with van der Waals surface area (Å²) in [7, 11) is 3.54. The summed E-state index contributed by atoms with van der Waals surface area (Å²) < 4.78 is 0. The van der Waals surface area contributed by atoms with Gasteiger partial charge in [-0.15, -0.1) is 11.3 Å². The van der Waals surface area contributed by atoms with E-state index in [1.165, 1.54) is 11.3 Å². The molecule has 0 fully saturated rings. The van der Waals surface area contributed by atoms with Gasteiger partial charge in [-0.25, -0.2) is 4.98 Å². The van der Waals surface area contributed by atoms with Crippen molar-refractivity contribution in [3.8, 4) is 0 Å². The molecule has 0 bridgehead atoms. The molecule has 0 aliphatic carbocycles. The number of anilines is 1. The predicted molar refractivity (Wildman–Crippen MR) is 63.6 cm³/mol. The molecular weight excluding hydrogens is 234 g/mol. The third-order valence-electron chi connectivity index (χ3n) is 2.03. The fraction of sp³-hybridized carbons (Fsp3) is 0.556. The van der Waals surface area contributed by atoms with Crippen molar-refractivity contribution in [1.82, 2.24) is 10.3 Å². The molecule has 84 valence electrons. The molecule has 15 heavy (non-hydrogen) atoms. The molecule has 4 nitrogen and oxygen atoms in total. The van der Waals surface area contributed by atoms with E-state index in [2.05, 4.69) is 10.3 Å². The summed E-state index contributed by atoms with van der Waals surface area (Å²) in [6.07, 6.45) is 0. The van der Waals surface area contributed by atoms with E-state index in [0.29, 0.717) is 11.7 Å². The average Bonchev–Trinajstić information content (AvgIpc) is 2.63. The lowest BCUT2D eigenvalue weighted by atomic mass is 10.1. The summed E-state index contributed by atoms with van der Waals surface area (Å²) >= 11 is 7.19. The second-order valence-electron chi connectivity index (χ2n) is 3.35. The van der Waals surface area contributed by atoms with Gasteiger partial charge < -0.3 is 10.2 Å². The van der Waals surface area contributed by atoms with Crippen LogP contribution in [0.1, 0.15) is 6.92 Å². The van der Waals surface area contributed by atoms with E-state index in [4.69, 9.17) is 11.6 Å². The van der Waals surface area contributed by atoms with Gasteiger partial charge in [-0.1, -0.05) is 18.5 Å². The van der Waals surface area contributed by atoms with Crippen LogP contribution >= 0.6 is 22.9 Å². The van der Waals surface area contributed by atoms with Gasteiger partial charge in [0.1, 0.15) is 5.15 Å². The number of nitrogens with one attached hydrogen (secondary N) is 1. The van der Waals surface area contributed by atoms with Crippen LogP contribution in [0.3, 0.4) is 0 Å². The number of nitrogens with zero attached hydrogens (tertiary/aromatic N) is 2. The van der Waals surface area contributed by atoms with Crippen LogP contribution in [-0.2, 0) is 4.79 Å². The van der Waals surface area contributed by atoms with Crippen LogP contribution in [-0.4, -0.2) is 31.5 Å². The molecule has 0 aromatic carbocycles. The van der Waals surface area contributed by atoms with Crippen molar-refractivity contribution in [3.05, 3.63) is 10.5 Å². The lowest BCUT2D eigenvalue weighted by molar-refractivity contribution is -0.123. The summed E-state index contributed by atoms with van der Waals surface area (Å²) in [5.41, 5.74) is 0. The quantitative estimate of drug-likeness (QED) is 0.880. The number of hydrogen-bond acceptors (Lipinski definition) is 4. The first-order valence-corrected chi connectivity index (χ1v) is 5.84. The first-order chi connectivity index (χ1) is 7.04. The molecular formula is C9H14ClN3OS. The summed E-state index contributed by atoms with van der Waals surface area (Å²) in [5, 5.41) is 5.72. The van der Waals surface area contributed by atoms with Crippen LogP contribution in [0.15, 0.2) is 5.38 Å². The smallest absolute Gasteiger partial charge is 0.224 e. The summed E-state index contributed by atoms with van der Waals surface area (Å²) in [6, 6.07) is 0. The number of carbonyl (C=O) groups excluding carboxylic acids is 1. The van der Waals surface area contributed by atoms with Gasteiger partial charge in [-0.05, 0) is 0 Å². The summed E-state index contributed by atoms with van der Waals surface area (Å²) in [6.45, 7) is 2.51. The highest BCUT2D eigenvalue weighted by Gasteiger charge is 2.15. The Labute approximate surface area is 98.3 Å². The van der Waals surface area contributed by atoms with Crippen molar-refractivity contribution >= 4 is 34.0 Å². The number of halogens is 1. The molecule has 1 aromatic rings. The van der Waals surface area contributed by atoms with Crippen LogP contribution < -0.4 is 10.2 Å². The first kappa shape index (κ1) is 12.3. The van der Waals surface area contributed by atoms with E-state index >= 15 is 0 Å². The van der Waals surface area contributed by atoms with E-state index < -0.39 is 0 Å². The Morgan fingerprint density at radius 2 is 2.47 bits per heavy atom. The maximum Gasteiger partial charge on any atom is 0.224 e. The Hall–Kier alpha value is -0.810. The molecule has 0 spiro atoms. The van der Waals surface area contributed by atoms with Crippen LogP contribution in [0.5, 0.6) is 0 Å². The number of amides is 1. The van der Waals surface area contributed by atoms with Crippen LogP contribution in [0, 0.1) is 5.92 Å². The van der Waals surface area contributed by atoms with Gasteiger partial charge in [-0.2, -0.15) is 0 Å². The molecule has 1 aromatic heterocycles. The Morgan fingerprint density at radius 1 is 1.80 bits per heavy atom. The van der Waals surface area contributed by atoms with E-state index in [9.17, 15) is 4.79 Å². The second kappa shape index (κ2) is 5.32. The highest BCUT2D eigenvalue weighted by atomic mass is 35.5. The van der Waals surface area contributed by atoms with Gasteiger partial charge in [0.25, 0.3) is 0 Å². The van der Waals surface area contributed by atoms with E-state index in [-0.39, 0.29) is 11.8 Å². The van der Waals surface area contributed by atoms with Crippen molar-refractivity contribution < 1.29 is 4.79 Å². The molecule has 0 saturated heterocycles. The molecule has 1 N–H and O–H groups in total. The van der Waals surface area contributed by atoms with E-state index in [0.717, 1.165) is 5.13 Å². The van der Waals surface area contributed by atoms with Gasteiger partial charge in [0.15, 0.2) is 5.13 Å². The normalized spacial score (nSPS) is 12.3. The van der Waals surface area contributed by atoms with Gasteiger partial charge in [0.2, 0.25) is 5.91 Å². The van der Waals surface area contributed by atoms with Gasteiger partial charge >= 0.3 is 0 Å². The molecule has 0 saturated carbocycles. The zero-order valence-electron chi connectivity index (χ0n) is 8.95. The summed E-state index contributed by atoms with van der Waals surface area (Å²) in [4.78, 5) is 17.4. The molecule has 1 unspecified atom stereocenters. The van der Waals surface area contributed by atoms with Gasteiger partial charge in [0, 0.05) is 26.0 Å². The fourth-order valence-electron chi connectivity index (χ4n) is 1.24. The van der Waals surface area contributed by atoms with E-state index in [1.54, 1.807) is 12.4 Å². The fourth-order valence-corrected chi connectivity index (χ4v) is 2.16. The molecule has 1 atom stereocenters. The third kappa shape index (κ3) is 3.35. The van der Waals surface area contributed by atoms with Gasteiger partial charge in [0.05, 0.1) is 5.92 Å². The maximum absolute atomic E-state index is 11.3. The predicted octanol–water partition coefficient (Wildman–Crippen LogP) is 1.61. The van der Waals surface area contributed by atoms with Crippen LogP contribution in [0.2, 0.25) is 5.15 Å². The van der Waals surface area contributed by atoms with E-state index in [1.807, 2.05) is 18.9 Å². The van der Waals surface area contributed by atoms with Crippen molar-refractivity contribution in [2.75, 3.05) is 25.5 Å². The van der Waals surface area contributed by atoms with Crippen LogP contribution in [0.4, 0.5) is 5.13 Å². The standard InChI is InChI=1S/C9H14ClN3OS/c1-6(8(14)11-2)4-13(3)9-12-7(10)5-15-9/h5-6H,4H2,1-3H3,(H,11,14). The molecule has 1 amide bonds. The van der Waals surface area contributed by atoms with Crippen LogP contribution in [0.25, 0.3) is 0 Å². The minimum atomic E-state index is -0.0670. The maximum atomic E-state index is 11.3. The second-order valence-corrected chi connectivity index (χ2v) is 4.57. The Morgan fingerprint density at radius 3 is 2.93 bits per heavy atom. The zero-order valence-corrected chi connectivity index (χ0v) is 10.5. The van der Waals surface area contributed by atoms with Crippen molar-refractivity contribution in [1.29, 1.82) is 0 Å². The Bertz CT molecular complexity index is 342.